The summed E-state index contributed by atoms with van der Waals surface area (Å²) in [6, 6.07) is 8.87. The first-order chi connectivity index (χ1) is 8.77. The molecule has 1 aromatic rings. The van der Waals surface area contributed by atoms with Gasteiger partial charge in [0.25, 0.3) is 0 Å². The van der Waals surface area contributed by atoms with E-state index in [1.54, 1.807) is 6.07 Å². The number of benzene rings is 1. The van der Waals surface area contributed by atoms with E-state index in [1.165, 1.54) is 25.7 Å². The van der Waals surface area contributed by atoms with Crippen LogP contribution < -0.4 is 0 Å². The zero-order valence-corrected chi connectivity index (χ0v) is 11.6. The average Bonchev–Trinajstić information content (AvgIpc) is 2.90. The van der Waals surface area contributed by atoms with Crippen LogP contribution in [-0.2, 0) is 0 Å². The summed E-state index contributed by atoms with van der Waals surface area (Å²) in [6.07, 6.45) is 6.41. The second-order valence-corrected chi connectivity index (χ2v) is 5.25. The van der Waals surface area contributed by atoms with Gasteiger partial charge in [-0.25, -0.2) is 0 Å². The zero-order valence-electron chi connectivity index (χ0n) is 11.6. The van der Waals surface area contributed by atoms with Crippen molar-refractivity contribution in [3.8, 4) is 5.75 Å². The highest BCUT2D eigenvalue weighted by Crippen LogP contribution is 2.35. The van der Waals surface area contributed by atoms with Crippen molar-refractivity contribution >= 4 is 0 Å². The normalized spacial score (nSPS) is 18.4. The topological polar surface area (TPSA) is 23.5 Å². The van der Waals surface area contributed by atoms with Crippen molar-refractivity contribution in [3.63, 3.8) is 0 Å². The summed E-state index contributed by atoms with van der Waals surface area (Å²) in [5.74, 6) is 0.445. The summed E-state index contributed by atoms with van der Waals surface area (Å²) in [4.78, 5) is 2.59. The van der Waals surface area contributed by atoms with Crippen LogP contribution in [0.2, 0.25) is 0 Å². The summed E-state index contributed by atoms with van der Waals surface area (Å²) in [5.41, 5.74) is 1.09. The van der Waals surface area contributed by atoms with Gasteiger partial charge >= 0.3 is 0 Å². The van der Waals surface area contributed by atoms with E-state index in [1.807, 2.05) is 12.1 Å². The van der Waals surface area contributed by atoms with Gasteiger partial charge in [-0.1, -0.05) is 44.9 Å². The Hall–Kier alpha value is -1.02. The number of rotatable bonds is 5. The Morgan fingerprint density at radius 3 is 2.44 bits per heavy atom. The van der Waals surface area contributed by atoms with Crippen molar-refractivity contribution in [2.45, 2.75) is 58.0 Å². The number of hydrogen-bond donors (Lipinski definition) is 1. The molecule has 1 aliphatic carbocycles. The van der Waals surface area contributed by atoms with E-state index >= 15 is 0 Å². The fraction of sp³-hybridized carbons (Fsp3) is 0.625. The molecule has 2 nitrogen and oxygen atoms in total. The van der Waals surface area contributed by atoms with Crippen LogP contribution in [0.25, 0.3) is 0 Å². The summed E-state index contributed by atoms with van der Waals surface area (Å²) in [7, 11) is 0. The van der Waals surface area contributed by atoms with Crippen LogP contribution in [0.15, 0.2) is 24.3 Å². The highest BCUT2D eigenvalue weighted by Gasteiger charge is 2.28. The predicted molar refractivity (Wildman–Crippen MR) is 75.8 cm³/mol. The third-order valence-corrected chi connectivity index (χ3v) is 4.24. The van der Waals surface area contributed by atoms with Crippen LogP contribution in [0.3, 0.4) is 0 Å². The van der Waals surface area contributed by atoms with E-state index in [0.717, 1.165) is 18.5 Å². The fourth-order valence-corrected chi connectivity index (χ4v) is 3.37. The maximum atomic E-state index is 10.1. The number of phenolic OH excluding ortho intramolecular Hbond substituents is 1. The highest BCUT2D eigenvalue weighted by molar-refractivity contribution is 5.34. The van der Waals surface area contributed by atoms with Gasteiger partial charge in [-0.2, -0.15) is 0 Å². The van der Waals surface area contributed by atoms with Crippen LogP contribution in [0.1, 0.15) is 57.6 Å². The van der Waals surface area contributed by atoms with Gasteiger partial charge < -0.3 is 5.11 Å². The molecule has 0 spiro atoms. The van der Waals surface area contributed by atoms with E-state index < -0.39 is 0 Å². The van der Waals surface area contributed by atoms with Gasteiger partial charge in [0.1, 0.15) is 5.75 Å². The Morgan fingerprint density at radius 2 is 1.89 bits per heavy atom. The fourth-order valence-electron chi connectivity index (χ4n) is 3.37. The van der Waals surface area contributed by atoms with Gasteiger partial charge in [-0.05, 0) is 31.9 Å². The van der Waals surface area contributed by atoms with Crippen molar-refractivity contribution in [1.29, 1.82) is 0 Å². The van der Waals surface area contributed by atoms with Crippen LogP contribution in [0.5, 0.6) is 5.75 Å². The maximum Gasteiger partial charge on any atom is 0.120 e. The Labute approximate surface area is 111 Å². The third kappa shape index (κ3) is 2.69. The molecule has 1 saturated carbocycles. The zero-order chi connectivity index (χ0) is 13.0. The summed E-state index contributed by atoms with van der Waals surface area (Å²) >= 11 is 0. The second-order valence-electron chi connectivity index (χ2n) is 5.25. The highest BCUT2D eigenvalue weighted by atomic mass is 16.3. The van der Waals surface area contributed by atoms with Crippen molar-refractivity contribution in [1.82, 2.24) is 4.90 Å². The first-order valence-corrected chi connectivity index (χ1v) is 7.31. The largest absolute Gasteiger partial charge is 0.508 e. The molecule has 1 atom stereocenters. The number of phenols is 1. The number of para-hydroxylation sites is 1. The molecule has 0 heterocycles. The summed E-state index contributed by atoms with van der Waals surface area (Å²) in [5, 5.41) is 10.1. The van der Waals surface area contributed by atoms with Crippen molar-refractivity contribution < 1.29 is 5.11 Å². The lowest BCUT2D eigenvalue weighted by molar-refractivity contribution is 0.137. The minimum absolute atomic E-state index is 0.360. The summed E-state index contributed by atoms with van der Waals surface area (Å²) < 4.78 is 0. The van der Waals surface area contributed by atoms with Crippen LogP contribution in [0, 0.1) is 0 Å². The molecule has 1 aliphatic rings. The van der Waals surface area contributed by atoms with Crippen molar-refractivity contribution in [2.75, 3.05) is 6.54 Å². The van der Waals surface area contributed by atoms with Gasteiger partial charge in [0.15, 0.2) is 0 Å². The average molecular weight is 247 g/mol. The molecular weight excluding hydrogens is 222 g/mol. The van der Waals surface area contributed by atoms with Crippen molar-refractivity contribution in [2.24, 2.45) is 0 Å². The first kappa shape index (κ1) is 13.4. The van der Waals surface area contributed by atoms with E-state index in [2.05, 4.69) is 24.8 Å². The quantitative estimate of drug-likeness (QED) is 0.846. The third-order valence-electron chi connectivity index (χ3n) is 4.24. The summed E-state index contributed by atoms with van der Waals surface area (Å²) in [6.45, 7) is 5.52. The first-order valence-electron chi connectivity index (χ1n) is 7.31. The maximum absolute atomic E-state index is 10.1. The van der Waals surface area contributed by atoms with Gasteiger partial charge in [0.05, 0.1) is 0 Å². The molecule has 1 aromatic carbocycles. The number of aromatic hydroxyl groups is 1. The molecule has 0 bridgehead atoms. The molecule has 0 saturated heterocycles. The van der Waals surface area contributed by atoms with Crippen molar-refractivity contribution in [3.05, 3.63) is 29.8 Å². The van der Waals surface area contributed by atoms with Gasteiger partial charge in [-0.15, -0.1) is 0 Å². The van der Waals surface area contributed by atoms with Gasteiger partial charge in [0, 0.05) is 17.6 Å². The smallest absolute Gasteiger partial charge is 0.120 e. The Bertz CT molecular complexity index is 371. The standard InChI is InChI=1S/C16H25NO/c1-3-15(14-11-7-8-12-16(14)18)17(4-2)13-9-5-6-10-13/h7-8,11-13,15,18H,3-6,9-10H2,1-2H3. The molecule has 18 heavy (non-hydrogen) atoms. The van der Waals surface area contributed by atoms with E-state index in [9.17, 15) is 5.11 Å². The second kappa shape index (κ2) is 6.24. The molecule has 0 aromatic heterocycles. The molecule has 2 heteroatoms. The Balaban J connectivity index is 2.23. The number of nitrogens with zero attached hydrogens (tertiary/aromatic N) is 1. The molecule has 100 valence electrons. The minimum Gasteiger partial charge on any atom is -0.508 e. The Kier molecular flexibility index (Phi) is 4.65. The van der Waals surface area contributed by atoms with Crippen LogP contribution in [-0.4, -0.2) is 22.6 Å². The van der Waals surface area contributed by atoms with E-state index in [0.29, 0.717) is 17.8 Å². The lowest BCUT2D eigenvalue weighted by Gasteiger charge is -2.35. The molecule has 0 aliphatic heterocycles. The molecule has 2 rings (SSSR count). The monoisotopic (exact) mass is 247 g/mol. The molecule has 1 N–H and O–H groups in total. The lowest BCUT2D eigenvalue weighted by atomic mass is 9.99. The van der Waals surface area contributed by atoms with E-state index in [-0.39, 0.29) is 0 Å². The molecule has 0 radical (unpaired) electrons. The molecule has 1 fully saturated rings. The van der Waals surface area contributed by atoms with Gasteiger partial charge in [0.2, 0.25) is 0 Å². The Morgan fingerprint density at radius 1 is 1.22 bits per heavy atom. The van der Waals surface area contributed by atoms with E-state index in [4.69, 9.17) is 0 Å². The lowest BCUT2D eigenvalue weighted by Crippen LogP contribution is -2.36. The predicted octanol–water partition coefficient (Wildman–Crippen LogP) is 4.11. The molecule has 1 unspecified atom stereocenters. The SMILES string of the molecule is CCC(c1ccccc1O)N(CC)C1CCCC1. The molecular formula is C16H25NO. The molecule has 0 amide bonds. The number of hydrogen-bond acceptors (Lipinski definition) is 2. The minimum atomic E-state index is 0.360. The van der Waals surface area contributed by atoms with Crippen LogP contribution >= 0.6 is 0 Å². The van der Waals surface area contributed by atoms with Gasteiger partial charge in [-0.3, -0.25) is 4.90 Å². The van der Waals surface area contributed by atoms with Crippen LogP contribution in [0.4, 0.5) is 0 Å².